The highest BCUT2D eigenvalue weighted by Crippen LogP contribution is 2.28. The van der Waals surface area contributed by atoms with Gasteiger partial charge in [-0.2, -0.15) is 0 Å². The molecule has 3 rings (SSSR count). The second-order valence-electron chi connectivity index (χ2n) is 7.93. The molecule has 0 aliphatic carbocycles. The molecule has 4 amide bonds. The van der Waals surface area contributed by atoms with E-state index in [9.17, 15) is 14.4 Å². The third kappa shape index (κ3) is 4.30. The Kier molecular flexibility index (Phi) is 6.10. The zero-order valence-electron chi connectivity index (χ0n) is 17.7. The summed E-state index contributed by atoms with van der Waals surface area (Å²) in [5, 5.41) is 5.55. The lowest BCUT2D eigenvalue weighted by molar-refractivity contribution is -0.133. The standard InChI is InChI=1S/C23H27N3O4/c1-15(2)17-10-6-7-11-18(17)24-20(27)14-26-21(28)23(3,25-22(26)29)13-16-9-5-8-12-19(16)30-4/h5-12,15H,13-14H2,1-4H3,(H,24,27)(H,25,29)/t23-/m0/s1. The number of nitrogens with one attached hydrogen (secondary N) is 2. The van der Waals surface area contributed by atoms with E-state index in [1.165, 1.54) is 0 Å². The molecule has 0 saturated carbocycles. The first-order valence-electron chi connectivity index (χ1n) is 9.90. The van der Waals surface area contributed by atoms with Crippen molar-refractivity contribution in [2.45, 2.75) is 38.6 Å². The molecular weight excluding hydrogens is 382 g/mol. The van der Waals surface area contributed by atoms with Gasteiger partial charge in [0, 0.05) is 12.1 Å². The molecule has 0 radical (unpaired) electrons. The fraction of sp³-hybridized carbons (Fsp3) is 0.348. The third-order valence-corrected chi connectivity index (χ3v) is 5.24. The molecular formula is C23H27N3O4. The van der Waals surface area contributed by atoms with Gasteiger partial charge in [-0.25, -0.2) is 4.79 Å². The van der Waals surface area contributed by atoms with Crippen molar-refractivity contribution in [3.05, 3.63) is 59.7 Å². The molecule has 0 bridgehead atoms. The van der Waals surface area contributed by atoms with Crippen molar-refractivity contribution < 1.29 is 19.1 Å². The first-order valence-corrected chi connectivity index (χ1v) is 9.90. The number of carbonyl (C=O) groups excluding carboxylic acids is 3. The van der Waals surface area contributed by atoms with Crippen LogP contribution in [0.15, 0.2) is 48.5 Å². The molecule has 30 heavy (non-hydrogen) atoms. The monoisotopic (exact) mass is 409 g/mol. The summed E-state index contributed by atoms with van der Waals surface area (Å²) in [6.45, 7) is 5.38. The molecule has 1 saturated heterocycles. The fourth-order valence-corrected chi connectivity index (χ4v) is 3.69. The van der Waals surface area contributed by atoms with Crippen LogP contribution in [0.4, 0.5) is 10.5 Å². The molecule has 1 heterocycles. The molecule has 1 atom stereocenters. The molecule has 0 spiro atoms. The number of hydrogen-bond donors (Lipinski definition) is 2. The quantitative estimate of drug-likeness (QED) is 0.687. The van der Waals surface area contributed by atoms with Crippen molar-refractivity contribution in [2.75, 3.05) is 19.0 Å². The number of methoxy groups -OCH3 is 1. The Morgan fingerprint density at radius 3 is 2.50 bits per heavy atom. The van der Waals surface area contributed by atoms with E-state index in [0.717, 1.165) is 16.0 Å². The van der Waals surface area contributed by atoms with Gasteiger partial charge in [0.1, 0.15) is 17.8 Å². The van der Waals surface area contributed by atoms with Crippen molar-refractivity contribution in [2.24, 2.45) is 0 Å². The second kappa shape index (κ2) is 8.57. The number of anilines is 1. The molecule has 1 aliphatic heterocycles. The van der Waals surface area contributed by atoms with E-state index in [0.29, 0.717) is 11.4 Å². The smallest absolute Gasteiger partial charge is 0.325 e. The van der Waals surface area contributed by atoms with Crippen molar-refractivity contribution in [3.63, 3.8) is 0 Å². The SMILES string of the molecule is COc1ccccc1C[C@]1(C)NC(=O)N(CC(=O)Nc2ccccc2C(C)C)C1=O. The van der Waals surface area contributed by atoms with E-state index in [1.54, 1.807) is 20.1 Å². The van der Waals surface area contributed by atoms with E-state index in [4.69, 9.17) is 4.74 Å². The summed E-state index contributed by atoms with van der Waals surface area (Å²) in [6.07, 6.45) is 0.260. The summed E-state index contributed by atoms with van der Waals surface area (Å²) in [5.74, 6) is 0.00321. The topological polar surface area (TPSA) is 87.7 Å². The second-order valence-corrected chi connectivity index (χ2v) is 7.93. The van der Waals surface area contributed by atoms with Gasteiger partial charge in [-0.15, -0.1) is 0 Å². The number of amides is 4. The number of para-hydroxylation sites is 2. The van der Waals surface area contributed by atoms with Gasteiger partial charge in [0.2, 0.25) is 5.91 Å². The van der Waals surface area contributed by atoms with Crippen LogP contribution in [0, 0.1) is 0 Å². The molecule has 7 nitrogen and oxygen atoms in total. The summed E-state index contributed by atoms with van der Waals surface area (Å²) in [7, 11) is 1.56. The molecule has 7 heteroatoms. The van der Waals surface area contributed by atoms with Crippen LogP contribution in [-0.2, 0) is 16.0 Å². The fourth-order valence-electron chi connectivity index (χ4n) is 3.69. The maximum absolute atomic E-state index is 13.0. The number of imide groups is 1. The maximum atomic E-state index is 13.0. The van der Waals surface area contributed by atoms with Crippen molar-refractivity contribution in [1.82, 2.24) is 10.2 Å². The lowest BCUT2D eigenvalue weighted by atomic mass is 9.92. The maximum Gasteiger partial charge on any atom is 0.325 e. The molecule has 2 N–H and O–H groups in total. The van der Waals surface area contributed by atoms with Gasteiger partial charge in [0.05, 0.1) is 7.11 Å². The lowest BCUT2D eigenvalue weighted by Gasteiger charge is -2.23. The van der Waals surface area contributed by atoms with E-state index in [-0.39, 0.29) is 18.9 Å². The van der Waals surface area contributed by atoms with Gasteiger partial charge in [-0.3, -0.25) is 14.5 Å². The van der Waals surface area contributed by atoms with Gasteiger partial charge >= 0.3 is 6.03 Å². The highest BCUT2D eigenvalue weighted by molar-refractivity contribution is 6.10. The van der Waals surface area contributed by atoms with E-state index < -0.39 is 23.4 Å². The van der Waals surface area contributed by atoms with Gasteiger partial charge in [-0.05, 0) is 36.1 Å². The zero-order valence-corrected chi connectivity index (χ0v) is 17.7. The number of benzene rings is 2. The number of nitrogens with zero attached hydrogens (tertiary/aromatic N) is 1. The van der Waals surface area contributed by atoms with Crippen molar-refractivity contribution in [1.29, 1.82) is 0 Å². The van der Waals surface area contributed by atoms with Crippen LogP contribution in [-0.4, -0.2) is 41.9 Å². The first kappa shape index (κ1) is 21.4. The minimum atomic E-state index is -1.15. The Labute approximate surface area is 176 Å². The van der Waals surface area contributed by atoms with Crippen LogP contribution in [0.1, 0.15) is 37.8 Å². The Bertz CT molecular complexity index is 972. The number of urea groups is 1. The average molecular weight is 409 g/mol. The minimum Gasteiger partial charge on any atom is -0.496 e. The van der Waals surface area contributed by atoms with Gasteiger partial charge in [0.15, 0.2) is 0 Å². The number of carbonyl (C=O) groups is 3. The third-order valence-electron chi connectivity index (χ3n) is 5.24. The van der Waals surface area contributed by atoms with Crippen molar-refractivity contribution in [3.8, 4) is 5.75 Å². The van der Waals surface area contributed by atoms with E-state index >= 15 is 0 Å². The summed E-state index contributed by atoms with van der Waals surface area (Å²) >= 11 is 0. The first-order chi connectivity index (χ1) is 14.2. The number of ether oxygens (including phenoxy) is 1. The summed E-state index contributed by atoms with van der Waals surface area (Å²) in [4.78, 5) is 39.1. The molecule has 0 unspecified atom stereocenters. The molecule has 0 aromatic heterocycles. The van der Waals surface area contributed by atoms with Gasteiger partial charge in [-0.1, -0.05) is 50.2 Å². The summed E-state index contributed by atoms with van der Waals surface area (Å²) in [6, 6.07) is 14.3. The van der Waals surface area contributed by atoms with Crippen LogP contribution in [0.5, 0.6) is 5.75 Å². The molecule has 2 aromatic carbocycles. The summed E-state index contributed by atoms with van der Waals surface area (Å²) in [5.41, 5.74) is 1.32. The molecule has 158 valence electrons. The molecule has 1 aliphatic rings. The zero-order chi connectivity index (χ0) is 21.9. The van der Waals surface area contributed by atoms with Crippen LogP contribution in [0.2, 0.25) is 0 Å². The number of rotatable bonds is 7. The molecule has 2 aromatic rings. The predicted molar refractivity (Wildman–Crippen MR) is 115 cm³/mol. The van der Waals surface area contributed by atoms with E-state index in [1.807, 2.05) is 56.3 Å². The lowest BCUT2D eigenvalue weighted by Crippen LogP contribution is -2.46. The predicted octanol–water partition coefficient (Wildman–Crippen LogP) is 3.31. The molecule has 1 fully saturated rings. The van der Waals surface area contributed by atoms with Crippen LogP contribution >= 0.6 is 0 Å². The highest BCUT2D eigenvalue weighted by atomic mass is 16.5. The Balaban J connectivity index is 1.73. The summed E-state index contributed by atoms with van der Waals surface area (Å²) < 4.78 is 5.35. The Hall–Kier alpha value is -3.35. The van der Waals surface area contributed by atoms with Crippen LogP contribution in [0.3, 0.4) is 0 Å². The minimum absolute atomic E-state index is 0.224. The largest absolute Gasteiger partial charge is 0.496 e. The Morgan fingerprint density at radius 1 is 1.13 bits per heavy atom. The van der Waals surface area contributed by atoms with Crippen LogP contribution in [0.25, 0.3) is 0 Å². The van der Waals surface area contributed by atoms with Crippen LogP contribution < -0.4 is 15.4 Å². The normalized spacial score (nSPS) is 18.5. The van der Waals surface area contributed by atoms with Gasteiger partial charge < -0.3 is 15.4 Å². The Morgan fingerprint density at radius 2 is 1.80 bits per heavy atom. The van der Waals surface area contributed by atoms with Crippen molar-refractivity contribution >= 4 is 23.5 Å². The average Bonchev–Trinajstić information content (AvgIpc) is 2.91. The highest BCUT2D eigenvalue weighted by Gasteiger charge is 2.48. The van der Waals surface area contributed by atoms with Gasteiger partial charge in [0.25, 0.3) is 5.91 Å². The number of hydrogen-bond acceptors (Lipinski definition) is 4. The van der Waals surface area contributed by atoms with E-state index in [2.05, 4.69) is 10.6 Å².